The lowest BCUT2D eigenvalue weighted by molar-refractivity contribution is 0.138. The monoisotopic (exact) mass is 303 g/mol. The van der Waals surface area contributed by atoms with Crippen molar-refractivity contribution in [1.82, 2.24) is 10.4 Å². The number of hydrogen-bond donors (Lipinski definition) is 2. The smallest absolute Gasteiger partial charge is 0.333 e. The summed E-state index contributed by atoms with van der Waals surface area (Å²) in [5.41, 5.74) is 4.75. The van der Waals surface area contributed by atoms with Crippen molar-refractivity contribution in [2.45, 2.75) is 51.6 Å². The molecular formula is C17H25N3O2. The van der Waals surface area contributed by atoms with E-state index < -0.39 is 0 Å². The van der Waals surface area contributed by atoms with Crippen molar-refractivity contribution in [1.29, 1.82) is 0 Å². The Morgan fingerprint density at radius 1 is 1.18 bits per heavy atom. The van der Waals surface area contributed by atoms with E-state index in [0.29, 0.717) is 0 Å². The van der Waals surface area contributed by atoms with Gasteiger partial charge in [0, 0.05) is 30.8 Å². The molecule has 5 heteroatoms. The van der Waals surface area contributed by atoms with Crippen LogP contribution in [-0.4, -0.2) is 29.7 Å². The number of benzene rings is 1. The van der Waals surface area contributed by atoms with Crippen LogP contribution in [0.15, 0.2) is 18.2 Å². The summed E-state index contributed by atoms with van der Waals surface area (Å²) in [7, 11) is 0. The molecule has 120 valence electrons. The topological polar surface area (TPSA) is 53.6 Å². The van der Waals surface area contributed by atoms with Crippen LogP contribution < -0.4 is 15.5 Å². The third-order valence-corrected chi connectivity index (χ3v) is 4.19. The zero-order valence-corrected chi connectivity index (χ0v) is 13.4. The minimum atomic E-state index is -0.167. The molecule has 0 saturated carbocycles. The second-order valence-corrected chi connectivity index (χ2v) is 6.83. The number of urea groups is 1. The summed E-state index contributed by atoms with van der Waals surface area (Å²) in [5, 5.41) is 4.94. The number of amides is 2. The zero-order chi connectivity index (χ0) is 15.6. The number of nitrogens with one attached hydrogen (secondary N) is 2. The summed E-state index contributed by atoms with van der Waals surface area (Å²) in [5.74, 6) is 0.920. The van der Waals surface area contributed by atoms with Gasteiger partial charge in [-0.2, -0.15) is 0 Å². The highest BCUT2D eigenvalue weighted by Crippen LogP contribution is 2.36. The van der Waals surface area contributed by atoms with Gasteiger partial charge in [-0.1, -0.05) is 12.8 Å². The number of hydrogen-bond acceptors (Lipinski definition) is 3. The van der Waals surface area contributed by atoms with Gasteiger partial charge in [-0.25, -0.2) is 9.80 Å². The molecule has 5 nitrogen and oxygen atoms in total. The van der Waals surface area contributed by atoms with E-state index in [2.05, 4.69) is 24.6 Å². The van der Waals surface area contributed by atoms with E-state index in [9.17, 15) is 4.79 Å². The molecular weight excluding hydrogens is 278 g/mol. The molecule has 2 N–H and O–H groups in total. The predicted octanol–water partition coefficient (Wildman–Crippen LogP) is 3.31. The summed E-state index contributed by atoms with van der Waals surface area (Å²) in [6.45, 7) is 6.01. The molecule has 0 bridgehead atoms. The van der Waals surface area contributed by atoms with Crippen LogP contribution in [0.4, 0.5) is 10.5 Å². The SMILES string of the molecule is CC1(C)Cc2cc(NC(=O)NN3CCCCCC3)ccc2O1. The Morgan fingerprint density at radius 3 is 2.64 bits per heavy atom. The molecule has 0 radical (unpaired) electrons. The van der Waals surface area contributed by atoms with Gasteiger partial charge in [0.25, 0.3) is 0 Å². The van der Waals surface area contributed by atoms with E-state index in [1.807, 2.05) is 23.2 Å². The summed E-state index contributed by atoms with van der Waals surface area (Å²) >= 11 is 0. The van der Waals surface area contributed by atoms with Gasteiger partial charge >= 0.3 is 6.03 Å². The molecule has 22 heavy (non-hydrogen) atoms. The van der Waals surface area contributed by atoms with E-state index in [1.54, 1.807) is 0 Å². The predicted molar refractivity (Wildman–Crippen MR) is 87.0 cm³/mol. The highest BCUT2D eigenvalue weighted by molar-refractivity contribution is 5.89. The van der Waals surface area contributed by atoms with Crippen LogP contribution >= 0.6 is 0 Å². The minimum Gasteiger partial charge on any atom is -0.487 e. The van der Waals surface area contributed by atoms with E-state index in [1.165, 1.54) is 12.8 Å². The van der Waals surface area contributed by atoms with Gasteiger partial charge in [-0.3, -0.25) is 5.43 Å². The van der Waals surface area contributed by atoms with E-state index in [0.717, 1.165) is 49.4 Å². The Labute approximate surface area is 132 Å². The number of carbonyl (C=O) groups excluding carboxylic acids is 1. The van der Waals surface area contributed by atoms with Crippen LogP contribution in [0.5, 0.6) is 5.75 Å². The van der Waals surface area contributed by atoms with Crippen LogP contribution in [0.3, 0.4) is 0 Å². The Balaban J connectivity index is 1.58. The van der Waals surface area contributed by atoms with Gasteiger partial charge in [0.15, 0.2) is 0 Å². The second kappa shape index (κ2) is 6.16. The number of nitrogens with zero attached hydrogens (tertiary/aromatic N) is 1. The third kappa shape index (κ3) is 3.71. The van der Waals surface area contributed by atoms with Crippen LogP contribution in [0.1, 0.15) is 45.1 Å². The molecule has 0 aromatic heterocycles. The molecule has 2 amide bonds. The van der Waals surface area contributed by atoms with Crippen molar-refractivity contribution in [3.8, 4) is 5.75 Å². The van der Waals surface area contributed by atoms with Crippen molar-refractivity contribution >= 4 is 11.7 Å². The minimum absolute atomic E-state index is 0.157. The fraction of sp³-hybridized carbons (Fsp3) is 0.588. The number of fused-ring (bicyclic) bond motifs is 1. The van der Waals surface area contributed by atoms with Crippen molar-refractivity contribution in [3.63, 3.8) is 0 Å². The fourth-order valence-corrected chi connectivity index (χ4v) is 3.17. The summed E-state index contributed by atoms with van der Waals surface area (Å²) < 4.78 is 5.85. The van der Waals surface area contributed by atoms with Crippen molar-refractivity contribution in [2.24, 2.45) is 0 Å². The molecule has 1 fully saturated rings. The normalized spacial score (nSPS) is 20.6. The van der Waals surface area contributed by atoms with Crippen LogP contribution in [0, 0.1) is 0 Å². The maximum Gasteiger partial charge on any atom is 0.333 e. The number of rotatable bonds is 2. The van der Waals surface area contributed by atoms with Gasteiger partial charge < -0.3 is 10.1 Å². The van der Waals surface area contributed by atoms with E-state index in [-0.39, 0.29) is 11.6 Å². The van der Waals surface area contributed by atoms with Crippen LogP contribution in [0.2, 0.25) is 0 Å². The van der Waals surface area contributed by atoms with Crippen molar-refractivity contribution < 1.29 is 9.53 Å². The first-order valence-corrected chi connectivity index (χ1v) is 8.16. The molecule has 0 atom stereocenters. The lowest BCUT2D eigenvalue weighted by atomic mass is 10.0. The molecule has 0 unspecified atom stereocenters. The van der Waals surface area contributed by atoms with E-state index >= 15 is 0 Å². The molecule has 1 saturated heterocycles. The molecule has 2 aliphatic heterocycles. The highest BCUT2D eigenvalue weighted by atomic mass is 16.5. The maximum absolute atomic E-state index is 12.1. The summed E-state index contributed by atoms with van der Waals surface area (Å²) in [4.78, 5) is 12.1. The maximum atomic E-state index is 12.1. The quantitative estimate of drug-likeness (QED) is 0.881. The van der Waals surface area contributed by atoms with Gasteiger partial charge in [-0.05, 0) is 44.9 Å². The molecule has 2 aliphatic rings. The average molecular weight is 303 g/mol. The van der Waals surface area contributed by atoms with Gasteiger partial charge in [-0.15, -0.1) is 0 Å². The van der Waals surface area contributed by atoms with E-state index in [4.69, 9.17) is 4.74 Å². The number of hydrazine groups is 1. The summed E-state index contributed by atoms with van der Waals surface area (Å²) in [6, 6.07) is 5.67. The molecule has 0 spiro atoms. The second-order valence-electron chi connectivity index (χ2n) is 6.83. The van der Waals surface area contributed by atoms with Crippen molar-refractivity contribution in [2.75, 3.05) is 18.4 Å². The average Bonchev–Trinajstić information content (AvgIpc) is 2.61. The molecule has 3 rings (SSSR count). The van der Waals surface area contributed by atoms with Crippen molar-refractivity contribution in [3.05, 3.63) is 23.8 Å². The summed E-state index contributed by atoms with van der Waals surface area (Å²) in [6.07, 6.45) is 5.66. The fourth-order valence-electron chi connectivity index (χ4n) is 3.17. The number of anilines is 1. The lowest BCUT2D eigenvalue weighted by Gasteiger charge is -2.21. The molecule has 1 aromatic rings. The van der Waals surface area contributed by atoms with Gasteiger partial charge in [0.05, 0.1) is 0 Å². The molecule has 2 heterocycles. The lowest BCUT2D eigenvalue weighted by Crippen LogP contribution is -2.44. The largest absolute Gasteiger partial charge is 0.487 e. The Morgan fingerprint density at radius 2 is 1.91 bits per heavy atom. The van der Waals surface area contributed by atoms with Gasteiger partial charge in [0.2, 0.25) is 0 Å². The Bertz CT molecular complexity index is 549. The van der Waals surface area contributed by atoms with Crippen LogP contribution in [-0.2, 0) is 6.42 Å². The third-order valence-electron chi connectivity index (χ3n) is 4.19. The van der Waals surface area contributed by atoms with Crippen LogP contribution in [0.25, 0.3) is 0 Å². The first kappa shape index (κ1) is 15.2. The zero-order valence-electron chi connectivity index (χ0n) is 13.4. The number of carbonyl (C=O) groups is 1. The first-order chi connectivity index (χ1) is 10.5. The molecule has 0 aliphatic carbocycles. The number of ether oxygens (including phenoxy) is 1. The first-order valence-electron chi connectivity index (χ1n) is 8.16. The molecule has 1 aromatic carbocycles. The van der Waals surface area contributed by atoms with Gasteiger partial charge in [0.1, 0.15) is 11.4 Å². The Kier molecular flexibility index (Phi) is 4.25. The Hall–Kier alpha value is -1.75. The highest BCUT2D eigenvalue weighted by Gasteiger charge is 2.30. The standard InChI is InChI=1S/C17H25N3O2/c1-17(2)12-13-11-14(7-8-15(13)22-17)18-16(21)19-20-9-5-3-4-6-10-20/h7-8,11H,3-6,9-10,12H2,1-2H3,(H2,18,19,21).